The SMILES string of the molecule is C[C@H](c1nnc[nH]1)C(C)(C)C. The molecule has 0 aliphatic carbocycles. The summed E-state index contributed by atoms with van der Waals surface area (Å²) in [5.41, 5.74) is 0.250. The van der Waals surface area contributed by atoms with Crippen LogP contribution in [0.5, 0.6) is 0 Å². The Balaban J connectivity index is 2.78. The number of nitrogens with zero attached hydrogens (tertiary/aromatic N) is 2. The third-order valence-corrected chi connectivity index (χ3v) is 2.14. The Hall–Kier alpha value is -0.860. The summed E-state index contributed by atoms with van der Waals surface area (Å²) < 4.78 is 0. The second-order valence-electron chi connectivity index (χ2n) is 3.96. The minimum atomic E-state index is 0.250. The Morgan fingerprint density at radius 1 is 1.45 bits per heavy atom. The second-order valence-corrected chi connectivity index (χ2v) is 3.96. The minimum Gasteiger partial charge on any atom is -0.331 e. The van der Waals surface area contributed by atoms with Crippen LogP contribution in [0.15, 0.2) is 6.33 Å². The molecule has 0 fully saturated rings. The highest BCUT2D eigenvalue weighted by atomic mass is 15.2. The van der Waals surface area contributed by atoms with Gasteiger partial charge >= 0.3 is 0 Å². The van der Waals surface area contributed by atoms with E-state index in [4.69, 9.17) is 0 Å². The van der Waals surface area contributed by atoms with E-state index in [1.54, 1.807) is 6.33 Å². The second kappa shape index (κ2) is 2.64. The van der Waals surface area contributed by atoms with Crippen LogP contribution in [0.3, 0.4) is 0 Å². The molecule has 0 amide bonds. The largest absolute Gasteiger partial charge is 0.331 e. The van der Waals surface area contributed by atoms with E-state index < -0.39 is 0 Å². The molecule has 1 aromatic rings. The van der Waals surface area contributed by atoms with Gasteiger partial charge in [-0.05, 0) is 5.41 Å². The van der Waals surface area contributed by atoms with E-state index in [1.165, 1.54) is 0 Å². The van der Waals surface area contributed by atoms with E-state index in [0.717, 1.165) is 5.82 Å². The Kier molecular flexibility index (Phi) is 1.98. The van der Waals surface area contributed by atoms with Gasteiger partial charge in [0.1, 0.15) is 12.2 Å². The summed E-state index contributed by atoms with van der Waals surface area (Å²) in [6.45, 7) is 8.74. The molecule has 1 N–H and O–H groups in total. The van der Waals surface area contributed by atoms with Crippen molar-refractivity contribution < 1.29 is 0 Å². The predicted molar refractivity (Wildman–Crippen MR) is 44.3 cm³/mol. The number of hydrogen-bond donors (Lipinski definition) is 1. The van der Waals surface area contributed by atoms with Gasteiger partial charge in [-0.15, -0.1) is 10.2 Å². The monoisotopic (exact) mass is 153 g/mol. The van der Waals surface area contributed by atoms with Crippen molar-refractivity contribution in [2.45, 2.75) is 33.6 Å². The number of aromatic amines is 1. The van der Waals surface area contributed by atoms with Gasteiger partial charge in [-0.25, -0.2) is 0 Å². The molecule has 0 saturated heterocycles. The van der Waals surface area contributed by atoms with Crippen LogP contribution < -0.4 is 0 Å². The molecule has 62 valence electrons. The van der Waals surface area contributed by atoms with Gasteiger partial charge in [0.25, 0.3) is 0 Å². The highest BCUT2D eigenvalue weighted by molar-refractivity contribution is 4.96. The molecule has 0 unspecified atom stereocenters. The van der Waals surface area contributed by atoms with Crippen molar-refractivity contribution in [2.75, 3.05) is 0 Å². The summed E-state index contributed by atoms with van der Waals surface area (Å²) in [4.78, 5) is 3.02. The van der Waals surface area contributed by atoms with Gasteiger partial charge in [-0.3, -0.25) is 0 Å². The van der Waals surface area contributed by atoms with E-state index >= 15 is 0 Å². The summed E-state index contributed by atoms with van der Waals surface area (Å²) in [5.74, 6) is 1.39. The molecular weight excluding hydrogens is 138 g/mol. The van der Waals surface area contributed by atoms with E-state index in [1.807, 2.05) is 0 Å². The standard InChI is InChI=1S/C8H15N3/c1-6(8(2,3)4)7-9-5-10-11-7/h5-6H,1-4H3,(H,9,10,11)/t6-/m1/s1. The normalized spacial score (nSPS) is 14.9. The molecule has 1 heterocycles. The maximum Gasteiger partial charge on any atom is 0.133 e. The summed E-state index contributed by atoms with van der Waals surface area (Å²) in [6.07, 6.45) is 1.62. The van der Waals surface area contributed by atoms with Gasteiger partial charge in [0.05, 0.1) is 0 Å². The molecule has 0 aliphatic rings. The summed E-state index contributed by atoms with van der Waals surface area (Å²) >= 11 is 0. The molecule has 3 heteroatoms. The van der Waals surface area contributed by atoms with E-state index in [9.17, 15) is 0 Å². The smallest absolute Gasteiger partial charge is 0.133 e. The van der Waals surface area contributed by atoms with Gasteiger partial charge < -0.3 is 4.98 Å². The fourth-order valence-corrected chi connectivity index (χ4v) is 0.837. The van der Waals surface area contributed by atoms with Crippen LogP contribution in [0.4, 0.5) is 0 Å². The van der Waals surface area contributed by atoms with Crippen molar-refractivity contribution in [1.29, 1.82) is 0 Å². The van der Waals surface area contributed by atoms with Gasteiger partial charge in [0, 0.05) is 5.92 Å². The summed E-state index contributed by atoms with van der Waals surface area (Å²) in [7, 11) is 0. The lowest BCUT2D eigenvalue weighted by molar-refractivity contribution is 0.328. The highest BCUT2D eigenvalue weighted by Gasteiger charge is 2.23. The number of nitrogens with one attached hydrogen (secondary N) is 1. The molecular formula is C8H15N3. The van der Waals surface area contributed by atoms with Gasteiger partial charge in [-0.2, -0.15) is 0 Å². The molecule has 1 atom stereocenters. The molecule has 0 spiro atoms. The van der Waals surface area contributed by atoms with Crippen LogP contribution in [-0.4, -0.2) is 15.2 Å². The first-order chi connectivity index (χ1) is 5.02. The zero-order valence-corrected chi connectivity index (χ0v) is 7.55. The van der Waals surface area contributed by atoms with E-state index in [0.29, 0.717) is 5.92 Å². The van der Waals surface area contributed by atoms with Crippen molar-refractivity contribution in [3.05, 3.63) is 12.2 Å². The average Bonchev–Trinajstić information content (AvgIpc) is 2.34. The number of rotatable bonds is 1. The Bertz CT molecular complexity index is 208. The zero-order valence-electron chi connectivity index (χ0n) is 7.55. The average molecular weight is 153 g/mol. The van der Waals surface area contributed by atoms with Crippen LogP contribution in [0, 0.1) is 5.41 Å². The predicted octanol–water partition coefficient (Wildman–Crippen LogP) is 1.95. The third-order valence-electron chi connectivity index (χ3n) is 2.14. The molecule has 1 rings (SSSR count). The molecule has 0 aromatic carbocycles. The van der Waals surface area contributed by atoms with E-state index in [-0.39, 0.29) is 5.41 Å². The van der Waals surface area contributed by atoms with Crippen molar-refractivity contribution >= 4 is 0 Å². The highest BCUT2D eigenvalue weighted by Crippen LogP contribution is 2.31. The lowest BCUT2D eigenvalue weighted by Crippen LogP contribution is -2.16. The van der Waals surface area contributed by atoms with Crippen molar-refractivity contribution in [1.82, 2.24) is 15.2 Å². The number of aromatic nitrogens is 3. The molecule has 0 saturated carbocycles. The van der Waals surface area contributed by atoms with Crippen LogP contribution >= 0.6 is 0 Å². The minimum absolute atomic E-state index is 0.250. The van der Waals surface area contributed by atoms with Gasteiger partial charge in [0.15, 0.2) is 0 Å². The first-order valence-corrected chi connectivity index (χ1v) is 3.88. The molecule has 11 heavy (non-hydrogen) atoms. The van der Waals surface area contributed by atoms with Gasteiger partial charge in [0.2, 0.25) is 0 Å². The lowest BCUT2D eigenvalue weighted by atomic mass is 9.82. The van der Waals surface area contributed by atoms with Crippen LogP contribution in [0.25, 0.3) is 0 Å². The fraction of sp³-hybridized carbons (Fsp3) is 0.750. The van der Waals surface area contributed by atoms with Crippen LogP contribution in [0.1, 0.15) is 39.4 Å². The van der Waals surface area contributed by atoms with Crippen molar-refractivity contribution in [3.8, 4) is 0 Å². The lowest BCUT2D eigenvalue weighted by Gasteiger charge is -2.24. The zero-order chi connectivity index (χ0) is 8.48. The van der Waals surface area contributed by atoms with Crippen LogP contribution in [0.2, 0.25) is 0 Å². The first-order valence-electron chi connectivity index (χ1n) is 3.88. The van der Waals surface area contributed by atoms with Crippen LogP contribution in [-0.2, 0) is 0 Å². The molecule has 0 radical (unpaired) electrons. The fourth-order valence-electron chi connectivity index (χ4n) is 0.837. The topological polar surface area (TPSA) is 41.6 Å². The van der Waals surface area contributed by atoms with Crippen molar-refractivity contribution in [2.24, 2.45) is 5.41 Å². The number of H-pyrrole nitrogens is 1. The Labute approximate surface area is 67.2 Å². The molecule has 1 aromatic heterocycles. The first kappa shape index (κ1) is 8.24. The molecule has 3 nitrogen and oxygen atoms in total. The summed E-state index contributed by atoms with van der Waals surface area (Å²) in [6, 6.07) is 0. The quantitative estimate of drug-likeness (QED) is 0.670. The molecule has 0 aliphatic heterocycles. The maximum absolute atomic E-state index is 3.98. The Morgan fingerprint density at radius 3 is 2.45 bits per heavy atom. The maximum atomic E-state index is 3.98. The van der Waals surface area contributed by atoms with Gasteiger partial charge in [-0.1, -0.05) is 27.7 Å². The van der Waals surface area contributed by atoms with E-state index in [2.05, 4.69) is 42.9 Å². The molecule has 0 bridgehead atoms. The Morgan fingerprint density at radius 2 is 2.09 bits per heavy atom. The number of hydrogen-bond acceptors (Lipinski definition) is 2. The van der Waals surface area contributed by atoms with Crippen molar-refractivity contribution in [3.63, 3.8) is 0 Å². The third kappa shape index (κ3) is 1.79. The summed E-state index contributed by atoms with van der Waals surface area (Å²) in [5, 5.41) is 7.73.